The zero-order valence-electron chi connectivity index (χ0n) is 29.8. The van der Waals surface area contributed by atoms with Gasteiger partial charge < -0.3 is 54.3 Å². The number of carbonyl (C=O) groups excluding carboxylic acids is 1. The predicted molar refractivity (Wildman–Crippen MR) is 176 cm³/mol. The van der Waals surface area contributed by atoms with Crippen LogP contribution in [0.4, 0.5) is 0 Å². The number of ether oxygens (including phenoxy) is 5. The Morgan fingerprint density at radius 1 is 0.860 bits per heavy atom. The molecule has 0 amide bonds. The average Bonchev–Trinajstić information content (AvgIpc) is 3.24. The fourth-order valence-corrected chi connectivity index (χ4v) is 12.8. The van der Waals surface area contributed by atoms with Crippen LogP contribution in [0, 0.1) is 29.1 Å². The Hall–Kier alpha value is -2.23. The molecule has 3 heterocycles. The number of methoxy groups -OCH3 is 3. The maximum absolute atomic E-state index is 13.7. The minimum Gasteiger partial charge on any atom is -0.493 e. The van der Waals surface area contributed by atoms with Gasteiger partial charge in [0.05, 0.1) is 38.6 Å². The van der Waals surface area contributed by atoms with Crippen molar-refractivity contribution in [3.05, 3.63) is 17.7 Å². The normalized spacial score (nSPS) is 51.9. The summed E-state index contributed by atoms with van der Waals surface area (Å²) >= 11 is 0. The highest BCUT2D eigenvalue weighted by molar-refractivity contribution is 5.91. The highest BCUT2D eigenvalue weighted by atomic mass is 16.7. The molecule has 14 atom stereocenters. The van der Waals surface area contributed by atoms with Gasteiger partial charge in [-0.3, -0.25) is 4.90 Å². The van der Waals surface area contributed by atoms with Crippen LogP contribution in [0.5, 0.6) is 17.2 Å². The van der Waals surface area contributed by atoms with Crippen molar-refractivity contribution >= 4 is 5.97 Å². The molecule has 13 heteroatoms. The van der Waals surface area contributed by atoms with Gasteiger partial charge in [0.1, 0.15) is 22.4 Å². The van der Waals surface area contributed by atoms with Crippen LogP contribution in [0.3, 0.4) is 0 Å². The molecule has 4 aliphatic carbocycles. The van der Waals surface area contributed by atoms with E-state index in [4.69, 9.17) is 23.7 Å². The Kier molecular flexibility index (Phi) is 7.44. The van der Waals surface area contributed by atoms with E-state index in [0.717, 1.165) is 6.42 Å². The van der Waals surface area contributed by atoms with Gasteiger partial charge in [-0.15, -0.1) is 0 Å². The second kappa shape index (κ2) is 10.7. The Labute approximate surface area is 292 Å². The van der Waals surface area contributed by atoms with Crippen molar-refractivity contribution in [3.8, 4) is 17.2 Å². The van der Waals surface area contributed by atoms with E-state index in [0.29, 0.717) is 43.9 Å². The number of aliphatic hydroxyl groups excluding tert-OH is 1. The number of aliphatic hydroxyl groups is 6. The quantitative estimate of drug-likeness (QED) is 0.242. The van der Waals surface area contributed by atoms with Crippen LogP contribution in [0.15, 0.2) is 12.1 Å². The van der Waals surface area contributed by atoms with Crippen LogP contribution in [0.25, 0.3) is 0 Å². The lowest BCUT2D eigenvalue weighted by Crippen LogP contribution is -2.85. The third-order valence-electron chi connectivity index (χ3n) is 15.2. The summed E-state index contributed by atoms with van der Waals surface area (Å²) in [5, 5.41) is 74.9. The van der Waals surface area contributed by atoms with Gasteiger partial charge in [-0.05, 0) is 63.5 Å². The number of nitrogens with zero attached hydrogens (tertiary/aromatic N) is 1. The summed E-state index contributed by atoms with van der Waals surface area (Å²) in [6, 6.07) is 2.54. The summed E-state index contributed by atoms with van der Waals surface area (Å²) in [5.41, 5.74) is -9.64. The molecule has 3 aliphatic heterocycles. The highest BCUT2D eigenvalue weighted by Gasteiger charge is 2.88. The fourth-order valence-electron chi connectivity index (χ4n) is 12.8. The molecule has 50 heavy (non-hydrogen) atoms. The largest absolute Gasteiger partial charge is 0.493 e. The number of benzene rings is 1. The number of hydrogen-bond donors (Lipinski definition) is 6. The topological polar surface area (TPSA) is 188 Å². The van der Waals surface area contributed by atoms with E-state index < -0.39 is 81.2 Å². The Balaban J connectivity index is 1.16. The lowest BCUT2D eigenvalue weighted by Gasteiger charge is -2.68. The molecular formula is C37H53NO12. The van der Waals surface area contributed by atoms with E-state index in [9.17, 15) is 35.4 Å². The highest BCUT2D eigenvalue weighted by Crippen LogP contribution is 2.78. The molecule has 13 nitrogen and oxygen atoms in total. The van der Waals surface area contributed by atoms with Crippen LogP contribution in [-0.4, -0.2) is 128 Å². The minimum atomic E-state index is -2.11. The van der Waals surface area contributed by atoms with Gasteiger partial charge >= 0.3 is 5.97 Å². The number of hydrogen-bond acceptors (Lipinski definition) is 13. The molecule has 6 N–H and O–H groups in total. The van der Waals surface area contributed by atoms with Gasteiger partial charge in [-0.25, -0.2) is 4.79 Å². The molecule has 1 aromatic carbocycles. The van der Waals surface area contributed by atoms with Crippen molar-refractivity contribution in [1.29, 1.82) is 0 Å². The monoisotopic (exact) mass is 703 g/mol. The van der Waals surface area contributed by atoms with Crippen molar-refractivity contribution in [2.75, 3.05) is 34.4 Å². The molecular weight excluding hydrogens is 650 g/mol. The molecule has 4 saturated carbocycles. The Morgan fingerprint density at radius 3 is 2.16 bits per heavy atom. The molecule has 1 aromatic rings. The van der Waals surface area contributed by atoms with Crippen molar-refractivity contribution in [2.24, 2.45) is 29.1 Å². The standard InChI is InChI=1S/C37H53NO12/c1-19-7-10-26-32(3,41)36(44)25(17-38(26)16-19)34(43)18-35-24(33(34,42)15-27(36)39)9-8-23-31(35,2)12-11-28(37(23,45)50-35)49-30(40)20-13-21(46-4)29(48-6)22(14-20)47-5/h13-14,19,23-28,39,41-45H,7-12,15-18H2,1-6H3/t19-,23-,24-,25-,26-,27-,28-,31-,32+,33+,34+,35-,36-,37?/m0/s1. The van der Waals surface area contributed by atoms with Crippen molar-refractivity contribution in [2.45, 2.75) is 124 Å². The van der Waals surface area contributed by atoms with Crippen LogP contribution in [0.1, 0.15) is 82.5 Å². The summed E-state index contributed by atoms with van der Waals surface area (Å²) in [5.74, 6) is -3.76. The van der Waals surface area contributed by atoms with E-state index in [2.05, 4.69) is 11.8 Å². The van der Waals surface area contributed by atoms with Gasteiger partial charge in [-0.1, -0.05) is 13.8 Å². The first-order chi connectivity index (χ1) is 23.4. The van der Waals surface area contributed by atoms with Crippen molar-refractivity contribution in [1.82, 2.24) is 4.90 Å². The van der Waals surface area contributed by atoms with Crippen LogP contribution in [-0.2, 0) is 9.47 Å². The average molecular weight is 704 g/mol. The van der Waals surface area contributed by atoms with E-state index in [-0.39, 0.29) is 42.9 Å². The molecule has 3 saturated heterocycles. The van der Waals surface area contributed by atoms with Gasteiger partial charge in [0.25, 0.3) is 0 Å². The summed E-state index contributed by atoms with van der Waals surface area (Å²) in [4.78, 5) is 15.8. The van der Waals surface area contributed by atoms with E-state index >= 15 is 0 Å². The molecule has 7 aliphatic rings. The first-order valence-electron chi connectivity index (χ1n) is 18.2. The lowest BCUT2D eigenvalue weighted by atomic mass is 9.49. The molecule has 1 spiro atoms. The second-order valence-electron chi connectivity index (χ2n) is 17.1. The smallest absolute Gasteiger partial charge is 0.338 e. The van der Waals surface area contributed by atoms with Gasteiger partial charge in [0, 0.05) is 55.1 Å². The summed E-state index contributed by atoms with van der Waals surface area (Å²) in [6.07, 6.45) is -0.0196. The van der Waals surface area contributed by atoms with Crippen LogP contribution < -0.4 is 14.2 Å². The molecule has 7 fully saturated rings. The fraction of sp³-hybridized carbons (Fsp3) is 0.811. The number of rotatable bonds is 5. The zero-order valence-corrected chi connectivity index (χ0v) is 29.8. The maximum atomic E-state index is 13.7. The molecule has 1 unspecified atom stereocenters. The van der Waals surface area contributed by atoms with Crippen LogP contribution in [0.2, 0.25) is 0 Å². The predicted octanol–water partition coefficient (Wildman–Crippen LogP) is 1.36. The second-order valence-corrected chi connectivity index (χ2v) is 17.1. The van der Waals surface area contributed by atoms with E-state index in [1.165, 1.54) is 33.5 Å². The molecule has 278 valence electrons. The Bertz CT molecular complexity index is 1560. The van der Waals surface area contributed by atoms with E-state index in [1.807, 2.05) is 6.92 Å². The first-order valence-corrected chi connectivity index (χ1v) is 18.2. The minimum absolute atomic E-state index is 0.117. The van der Waals surface area contributed by atoms with Crippen molar-refractivity contribution in [3.63, 3.8) is 0 Å². The molecule has 0 radical (unpaired) electrons. The summed E-state index contributed by atoms with van der Waals surface area (Å²) in [6.45, 7) is 6.54. The summed E-state index contributed by atoms with van der Waals surface area (Å²) < 4.78 is 29.2. The molecule has 8 rings (SSSR count). The SMILES string of the molecule is COc1cc(C(=O)O[C@H]2CC[C@@]3(C)[C@@H]4CC[C@H]5[C@]6(O)C[C@H](O)[C@@]7(O)[C@@H](CN8C[C@@H](C)CC[C@H]8[C@@]7(C)O)[C@]6(O)C[C@]53OC24O)cc(OC)c1OC. The number of piperidine rings is 2. The lowest BCUT2D eigenvalue weighted by molar-refractivity contribution is -0.354. The Morgan fingerprint density at radius 2 is 1.52 bits per heavy atom. The third kappa shape index (κ3) is 3.88. The van der Waals surface area contributed by atoms with Gasteiger partial charge in [0.15, 0.2) is 17.6 Å². The van der Waals surface area contributed by atoms with Gasteiger partial charge in [0.2, 0.25) is 11.5 Å². The van der Waals surface area contributed by atoms with Crippen molar-refractivity contribution < 1.29 is 59.1 Å². The number of esters is 1. The number of carbonyl (C=O) groups is 1. The first kappa shape index (κ1) is 34.8. The van der Waals surface area contributed by atoms with Gasteiger partial charge in [-0.2, -0.15) is 0 Å². The zero-order chi connectivity index (χ0) is 36.0. The third-order valence-corrected chi connectivity index (χ3v) is 15.2. The molecule has 0 aromatic heterocycles. The van der Waals surface area contributed by atoms with E-state index in [1.54, 1.807) is 6.92 Å². The van der Waals surface area contributed by atoms with Crippen LogP contribution >= 0.6 is 0 Å². The number of fused-ring (bicyclic) bond motifs is 5. The molecule has 4 bridgehead atoms. The summed E-state index contributed by atoms with van der Waals surface area (Å²) in [7, 11) is 4.35. The maximum Gasteiger partial charge on any atom is 0.338 e.